The Bertz CT molecular complexity index is 1440. The summed E-state index contributed by atoms with van der Waals surface area (Å²) in [4.78, 5) is 22.0. The number of nitrogens with zero attached hydrogens (tertiary/aromatic N) is 4. The maximum atomic E-state index is 13.8. The maximum absolute atomic E-state index is 13.8. The molecule has 4 rings (SSSR count). The van der Waals surface area contributed by atoms with Gasteiger partial charge in [0.2, 0.25) is 15.0 Å². The van der Waals surface area contributed by atoms with Crippen LogP contribution in [0.1, 0.15) is 21.6 Å². The minimum atomic E-state index is -3.85. The van der Waals surface area contributed by atoms with E-state index in [-0.39, 0.29) is 41.5 Å². The van der Waals surface area contributed by atoms with Gasteiger partial charge in [-0.05, 0) is 35.9 Å². The van der Waals surface area contributed by atoms with Crippen molar-refractivity contribution < 1.29 is 27.4 Å². The lowest BCUT2D eigenvalue weighted by atomic mass is 10.2. The molecule has 1 aliphatic heterocycles. The molecule has 1 aliphatic rings. The van der Waals surface area contributed by atoms with Gasteiger partial charge in [-0.3, -0.25) is 9.69 Å². The lowest BCUT2D eigenvalue weighted by molar-refractivity contribution is 0.0319. The van der Waals surface area contributed by atoms with Crippen LogP contribution in [0, 0.1) is 0 Å². The molecule has 0 atom stereocenters. The van der Waals surface area contributed by atoms with Crippen molar-refractivity contribution in [3.63, 3.8) is 0 Å². The highest BCUT2D eigenvalue weighted by molar-refractivity contribution is 7.90. The standard InChI is InChI=1S/C28H34Cl2N4O6S/c1-38-13-12-34-23(18-31-28(34)41(36,37)20-21-4-3-5-24(16-21)39-2)19-33(9-8-32-10-14-40-15-11-32)27(35)25-7-6-22(29)17-26(25)30/h3-7,16-18H,8-15,19-20H2,1-2H3. The second-order valence-electron chi connectivity index (χ2n) is 9.59. The Labute approximate surface area is 250 Å². The van der Waals surface area contributed by atoms with E-state index in [1.54, 1.807) is 53.0 Å². The predicted molar refractivity (Wildman–Crippen MR) is 156 cm³/mol. The number of benzene rings is 2. The molecular weight excluding hydrogens is 591 g/mol. The lowest BCUT2D eigenvalue weighted by Crippen LogP contribution is -2.43. The van der Waals surface area contributed by atoms with Gasteiger partial charge in [-0.1, -0.05) is 35.3 Å². The number of aromatic nitrogens is 2. The molecule has 1 aromatic heterocycles. The summed E-state index contributed by atoms with van der Waals surface area (Å²) in [6, 6.07) is 11.7. The van der Waals surface area contributed by atoms with Gasteiger partial charge < -0.3 is 23.7 Å². The fourth-order valence-corrected chi connectivity index (χ4v) is 6.60. The Morgan fingerprint density at radius 3 is 2.59 bits per heavy atom. The largest absolute Gasteiger partial charge is 0.497 e. The predicted octanol–water partition coefficient (Wildman–Crippen LogP) is 3.79. The van der Waals surface area contributed by atoms with Gasteiger partial charge in [0, 0.05) is 44.9 Å². The van der Waals surface area contributed by atoms with Gasteiger partial charge >= 0.3 is 0 Å². The van der Waals surface area contributed by atoms with Crippen LogP contribution in [0.15, 0.2) is 53.8 Å². The number of morpholine rings is 1. The zero-order valence-corrected chi connectivity index (χ0v) is 25.4. The highest BCUT2D eigenvalue weighted by Crippen LogP contribution is 2.25. The Morgan fingerprint density at radius 1 is 1.10 bits per heavy atom. The summed E-state index contributed by atoms with van der Waals surface area (Å²) in [6.07, 6.45) is 1.51. The van der Waals surface area contributed by atoms with E-state index in [0.717, 1.165) is 13.1 Å². The summed E-state index contributed by atoms with van der Waals surface area (Å²) in [5, 5.41) is 0.584. The maximum Gasteiger partial charge on any atom is 0.255 e. The Balaban J connectivity index is 1.64. The van der Waals surface area contributed by atoms with Crippen LogP contribution >= 0.6 is 23.2 Å². The van der Waals surface area contributed by atoms with Crippen molar-refractivity contribution in [2.45, 2.75) is 24.0 Å². The first-order valence-electron chi connectivity index (χ1n) is 13.2. The third-order valence-electron chi connectivity index (χ3n) is 6.78. The summed E-state index contributed by atoms with van der Waals surface area (Å²) < 4.78 is 44.7. The van der Waals surface area contributed by atoms with Crippen LogP contribution in [0.2, 0.25) is 10.0 Å². The number of sulfone groups is 1. The van der Waals surface area contributed by atoms with E-state index < -0.39 is 9.84 Å². The molecule has 10 nitrogen and oxygen atoms in total. The van der Waals surface area contributed by atoms with Crippen molar-refractivity contribution >= 4 is 38.9 Å². The van der Waals surface area contributed by atoms with Gasteiger partial charge in [0.25, 0.3) is 5.91 Å². The number of amides is 1. The van der Waals surface area contributed by atoms with Crippen molar-refractivity contribution in [3.05, 3.63) is 75.5 Å². The first-order chi connectivity index (χ1) is 19.7. The number of methoxy groups -OCH3 is 2. The summed E-state index contributed by atoms with van der Waals surface area (Å²) >= 11 is 12.5. The van der Waals surface area contributed by atoms with Gasteiger partial charge in [-0.15, -0.1) is 0 Å². The van der Waals surface area contributed by atoms with Crippen molar-refractivity contribution in [3.8, 4) is 5.75 Å². The van der Waals surface area contributed by atoms with E-state index in [4.69, 9.17) is 37.4 Å². The van der Waals surface area contributed by atoms with E-state index >= 15 is 0 Å². The van der Waals surface area contributed by atoms with E-state index in [2.05, 4.69) is 9.88 Å². The van der Waals surface area contributed by atoms with E-state index in [9.17, 15) is 13.2 Å². The van der Waals surface area contributed by atoms with Crippen LogP contribution < -0.4 is 4.74 Å². The molecule has 1 saturated heterocycles. The van der Waals surface area contributed by atoms with Crippen LogP contribution in [-0.4, -0.2) is 93.9 Å². The number of carbonyl (C=O) groups excluding carboxylic acids is 1. The molecule has 2 heterocycles. The van der Waals surface area contributed by atoms with Gasteiger partial charge in [-0.2, -0.15) is 0 Å². The fraction of sp³-hybridized carbons (Fsp3) is 0.429. The topological polar surface area (TPSA) is 103 Å². The number of hydrogen-bond donors (Lipinski definition) is 0. The zero-order chi connectivity index (χ0) is 29.4. The number of halogens is 2. The van der Waals surface area contributed by atoms with Crippen molar-refractivity contribution in [1.82, 2.24) is 19.4 Å². The smallest absolute Gasteiger partial charge is 0.255 e. The Morgan fingerprint density at radius 2 is 1.88 bits per heavy atom. The molecule has 0 spiro atoms. The molecule has 13 heteroatoms. The quantitative estimate of drug-likeness (QED) is 0.283. The number of hydrogen-bond acceptors (Lipinski definition) is 8. The highest BCUT2D eigenvalue weighted by Gasteiger charge is 2.27. The second kappa shape index (κ2) is 14.5. The molecule has 0 radical (unpaired) electrons. The van der Waals surface area contributed by atoms with Crippen LogP contribution in [-0.2, 0) is 38.2 Å². The van der Waals surface area contributed by atoms with Gasteiger partial charge in [0.05, 0.1) is 61.7 Å². The Hall–Kier alpha value is -2.67. The SMILES string of the molecule is COCCn1c(CN(CCN2CCOCC2)C(=O)c2ccc(Cl)cc2Cl)cnc1S(=O)(=O)Cc1cccc(OC)c1. The first kappa shape index (κ1) is 31.3. The van der Waals surface area contributed by atoms with Crippen molar-refractivity contribution in [1.29, 1.82) is 0 Å². The minimum absolute atomic E-state index is 0.0857. The summed E-state index contributed by atoms with van der Waals surface area (Å²) in [6.45, 7) is 4.43. The summed E-state index contributed by atoms with van der Waals surface area (Å²) in [5.41, 5.74) is 1.45. The zero-order valence-electron chi connectivity index (χ0n) is 23.1. The van der Waals surface area contributed by atoms with Crippen molar-refractivity contribution in [2.75, 3.05) is 60.2 Å². The number of imidazole rings is 1. The molecule has 2 aromatic carbocycles. The average Bonchev–Trinajstić information content (AvgIpc) is 3.37. The van der Waals surface area contributed by atoms with Crippen LogP contribution in [0.25, 0.3) is 0 Å². The monoisotopic (exact) mass is 624 g/mol. The van der Waals surface area contributed by atoms with E-state index in [1.165, 1.54) is 19.4 Å². The third-order valence-corrected chi connectivity index (χ3v) is 8.92. The third kappa shape index (κ3) is 8.21. The molecular formula is C28H34Cl2N4O6S. The lowest BCUT2D eigenvalue weighted by Gasteiger charge is -2.30. The first-order valence-corrected chi connectivity index (χ1v) is 15.6. The molecule has 0 unspecified atom stereocenters. The van der Waals surface area contributed by atoms with Crippen LogP contribution in [0.5, 0.6) is 5.75 Å². The molecule has 1 fully saturated rings. The van der Waals surface area contributed by atoms with E-state index in [0.29, 0.717) is 53.9 Å². The molecule has 0 N–H and O–H groups in total. The number of ether oxygens (including phenoxy) is 3. The fourth-order valence-electron chi connectivity index (χ4n) is 4.60. The van der Waals surface area contributed by atoms with Crippen LogP contribution in [0.3, 0.4) is 0 Å². The van der Waals surface area contributed by atoms with Gasteiger partial charge in [-0.25, -0.2) is 13.4 Å². The number of carbonyl (C=O) groups is 1. The molecule has 41 heavy (non-hydrogen) atoms. The highest BCUT2D eigenvalue weighted by atomic mass is 35.5. The van der Waals surface area contributed by atoms with Crippen LogP contribution in [0.4, 0.5) is 0 Å². The average molecular weight is 626 g/mol. The molecule has 0 bridgehead atoms. The minimum Gasteiger partial charge on any atom is -0.497 e. The normalized spacial score (nSPS) is 14.2. The van der Waals surface area contributed by atoms with E-state index in [1.807, 2.05) is 0 Å². The number of rotatable bonds is 13. The summed E-state index contributed by atoms with van der Waals surface area (Å²) in [5.74, 6) is 0.0184. The van der Waals surface area contributed by atoms with Gasteiger partial charge in [0.15, 0.2) is 0 Å². The Kier molecular flexibility index (Phi) is 11.0. The molecule has 3 aromatic rings. The molecule has 222 valence electrons. The molecule has 0 saturated carbocycles. The molecule has 0 aliphatic carbocycles. The second-order valence-corrected chi connectivity index (χ2v) is 12.3. The van der Waals surface area contributed by atoms with Gasteiger partial charge in [0.1, 0.15) is 5.75 Å². The summed E-state index contributed by atoms with van der Waals surface area (Å²) in [7, 11) is -0.776. The van der Waals surface area contributed by atoms with Crippen molar-refractivity contribution in [2.24, 2.45) is 0 Å². The molecule has 1 amide bonds.